The number of aryl methyl sites for hydroxylation is 1. The van der Waals surface area contributed by atoms with Crippen LogP contribution in [0.3, 0.4) is 0 Å². The van der Waals surface area contributed by atoms with Crippen molar-refractivity contribution in [1.29, 1.82) is 0 Å². The highest BCUT2D eigenvalue weighted by Gasteiger charge is 2.08. The standard InChI is InChI=1S/C10H9N3O2/c1-7-6-9(13-15-7)12-10(14)8-4-2-3-5-11-8/h2-6H,1H3,(H,12,13,14). The third-order valence-corrected chi connectivity index (χ3v) is 1.77. The molecule has 0 radical (unpaired) electrons. The van der Waals surface area contributed by atoms with Crippen molar-refractivity contribution >= 4 is 11.7 Å². The van der Waals surface area contributed by atoms with E-state index in [1.165, 1.54) is 0 Å². The van der Waals surface area contributed by atoms with E-state index in [0.29, 0.717) is 17.3 Å². The van der Waals surface area contributed by atoms with Crippen molar-refractivity contribution in [1.82, 2.24) is 10.1 Å². The van der Waals surface area contributed by atoms with E-state index in [0.717, 1.165) is 0 Å². The molecule has 0 fully saturated rings. The number of carbonyl (C=O) groups is 1. The number of hydrogen-bond acceptors (Lipinski definition) is 4. The van der Waals surface area contributed by atoms with Gasteiger partial charge in [0.1, 0.15) is 11.5 Å². The summed E-state index contributed by atoms with van der Waals surface area (Å²) in [7, 11) is 0. The fourth-order valence-electron chi connectivity index (χ4n) is 1.10. The van der Waals surface area contributed by atoms with Gasteiger partial charge in [-0.2, -0.15) is 0 Å². The molecule has 0 aliphatic rings. The molecule has 0 aromatic carbocycles. The lowest BCUT2D eigenvalue weighted by atomic mass is 10.3. The van der Waals surface area contributed by atoms with Crippen LogP contribution in [0.2, 0.25) is 0 Å². The fourth-order valence-corrected chi connectivity index (χ4v) is 1.10. The molecule has 0 aliphatic heterocycles. The van der Waals surface area contributed by atoms with Gasteiger partial charge in [-0.25, -0.2) is 0 Å². The van der Waals surface area contributed by atoms with Crippen LogP contribution in [0, 0.1) is 6.92 Å². The zero-order valence-electron chi connectivity index (χ0n) is 8.10. The molecule has 0 aliphatic carbocycles. The second-order valence-electron chi connectivity index (χ2n) is 2.99. The zero-order valence-corrected chi connectivity index (χ0v) is 8.10. The molecule has 0 saturated carbocycles. The summed E-state index contributed by atoms with van der Waals surface area (Å²) in [6, 6.07) is 6.76. The Kier molecular flexibility index (Phi) is 2.45. The highest BCUT2D eigenvalue weighted by atomic mass is 16.5. The largest absolute Gasteiger partial charge is 0.360 e. The van der Waals surface area contributed by atoms with Crippen molar-refractivity contribution in [3.63, 3.8) is 0 Å². The highest BCUT2D eigenvalue weighted by molar-refractivity contribution is 6.02. The molecule has 1 amide bonds. The SMILES string of the molecule is Cc1cc(NC(=O)c2ccccn2)no1. The lowest BCUT2D eigenvalue weighted by molar-refractivity contribution is 0.102. The second-order valence-corrected chi connectivity index (χ2v) is 2.99. The van der Waals surface area contributed by atoms with E-state index in [1.807, 2.05) is 0 Å². The topological polar surface area (TPSA) is 68.0 Å². The molecule has 2 aromatic heterocycles. The summed E-state index contributed by atoms with van der Waals surface area (Å²) in [5.41, 5.74) is 0.346. The fraction of sp³-hybridized carbons (Fsp3) is 0.100. The Morgan fingerprint density at radius 2 is 2.33 bits per heavy atom. The lowest BCUT2D eigenvalue weighted by Crippen LogP contribution is -2.13. The van der Waals surface area contributed by atoms with Gasteiger partial charge in [0.15, 0.2) is 5.82 Å². The molecule has 0 atom stereocenters. The Labute approximate surface area is 86.1 Å². The highest BCUT2D eigenvalue weighted by Crippen LogP contribution is 2.08. The molecule has 15 heavy (non-hydrogen) atoms. The molecule has 0 bridgehead atoms. The molecule has 76 valence electrons. The van der Waals surface area contributed by atoms with E-state index in [9.17, 15) is 4.79 Å². The van der Waals surface area contributed by atoms with Crippen LogP contribution < -0.4 is 5.32 Å². The molecule has 5 nitrogen and oxygen atoms in total. The molecular weight excluding hydrogens is 194 g/mol. The number of pyridine rings is 1. The number of rotatable bonds is 2. The van der Waals surface area contributed by atoms with Crippen molar-refractivity contribution < 1.29 is 9.32 Å². The van der Waals surface area contributed by atoms with Crippen molar-refractivity contribution in [2.75, 3.05) is 5.32 Å². The average molecular weight is 203 g/mol. The molecule has 0 saturated heterocycles. The number of nitrogens with zero attached hydrogens (tertiary/aromatic N) is 2. The van der Waals surface area contributed by atoms with E-state index < -0.39 is 0 Å². The first-order chi connectivity index (χ1) is 7.25. The van der Waals surface area contributed by atoms with Crippen LogP contribution in [0.25, 0.3) is 0 Å². The van der Waals surface area contributed by atoms with Crippen LogP contribution in [0.15, 0.2) is 35.0 Å². The van der Waals surface area contributed by atoms with Gasteiger partial charge >= 0.3 is 0 Å². The minimum atomic E-state index is -0.302. The molecule has 0 unspecified atom stereocenters. The van der Waals surface area contributed by atoms with Gasteiger partial charge in [-0.05, 0) is 19.1 Å². The van der Waals surface area contributed by atoms with E-state index in [1.54, 1.807) is 37.4 Å². The lowest BCUT2D eigenvalue weighted by Gasteiger charge is -1.98. The molecule has 0 spiro atoms. The minimum Gasteiger partial charge on any atom is -0.360 e. The van der Waals surface area contributed by atoms with Gasteiger partial charge in [-0.3, -0.25) is 9.78 Å². The van der Waals surface area contributed by atoms with Crippen LogP contribution in [-0.4, -0.2) is 16.0 Å². The predicted molar refractivity (Wildman–Crippen MR) is 53.4 cm³/mol. The maximum atomic E-state index is 11.6. The minimum absolute atomic E-state index is 0.302. The Morgan fingerprint density at radius 3 is 2.93 bits per heavy atom. The summed E-state index contributed by atoms with van der Waals surface area (Å²) in [4.78, 5) is 15.5. The van der Waals surface area contributed by atoms with Gasteiger partial charge in [0, 0.05) is 12.3 Å². The quantitative estimate of drug-likeness (QED) is 0.805. The summed E-state index contributed by atoms with van der Waals surface area (Å²) in [5.74, 6) is 0.735. The van der Waals surface area contributed by atoms with Crippen LogP contribution >= 0.6 is 0 Å². The molecule has 2 rings (SSSR count). The smallest absolute Gasteiger partial charge is 0.275 e. The first kappa shape index (κ1) is 9.39. The van der Waals surface area contributed by atoms with Crippen LogP contribution in [-0.2, 0) is 0 Å². The normalized spacial score (nSPS) is 9.93. The number of anilines is 1. The first-order valence-electron chi connectivity index (χ1n) is 4.41. The summed E-state index contributed by atoms with van der Waals surface area (Å²) < 4.78 is 4.82. The average Bonchev–Trinajstić information content (AvgIpc) is 2.65. The van der Waals surface area contributed by atoms with Gasteiger partial charge in [0.2, 0.25) is 0 Å². The van der Waals surface area contributed by atoms with E-state index in [4.69, 9.17) is 4.52 Å². The van der Waals surface area contributed by atoms with Gasteiger partial charge in [-0.15, -0.1) is 0 Å². The van der Waals surface area contributed by atoms with E-state index in [2.05, 4.69) is 15.5 Å². The van der Waals surface area contributed by atoms with Crippen molar-refractivity contribution in [3.05, 3.63) is 41.9 Å². The zero-order chi connectivity index (χ0) is 10.7. The monoisotopic (exact) mass is 203 g/mol. The van der Waals surface area contributed by atoms with Crippen LogP contribution in [0.4, 0.5) is 5.82 Å². The first-order valence-corrected chi connectivity index (χ1v) is 4.41. The van der Waals surface area contributed by atoms with Crippen molar-refractivity contribution in [3.8, 4) is 0 Å². The van der Waals surface area contributed by atoms with Gasteiger partial charge in [0.25, 0.3) is 5.91 Å². The maximum absolute atomic E-state index is 11.6. The third-order valence-electron chi connectivity index (χ3n) is 1.77. The Morgan fingerprint density at radius 1 is 1.47 bits per heavy atom. The molecule has 1 N–H and O–H groups in total. The number of amides is 1. The predicted octanol–water partition coefficient (Wildman–Crippen LogP) is 1.63. The van der Waals surface area contributed by atoms with Gasteiger partial charge < -0.3 is 9.84 Å². The van der Waals surface area contributed by atoms with E-state index >= 15 is 0 Å². The second kappa shape index (κ2) is 3.91. The summed E-state index contributed by atoms with van der Waals surface area (Å²) in [6.07, 6.45) is 1.56. The maximum Gasteiger partial charge on any atom is 0.275 e. The number of carbonyl (C=O) groups excluding carboxylic acids is 1. The summed E-state index contributed by atoms with van der Waals surface area (Å²) >= 11 is 0. The Hall–Kier alpha value is -2.17. The third kappa shape index (κ3) is 2.19. The van der Waals surface area contributed by atoms with Gasteiger partial charge in [0.05, 0.1) is 0 Å². The molecule has 2 heterocycles. The van der Waals surface area contributed by atoms with Crippen molar-refractivity contribution in [2.24, 2.45) is 0 Å². The molecule has 2 aromatic rings. The number of aromatic nitrogens is 2. The summed E-state index contributed by atoms with van der Waals surface area (Å²) in [6.45, 7) is 1.75. The number of hydrogen-bond donors (Lipinski definition) is 1. The molecule has 5 heteroatoms. The Balaban J connectivity index is 2.11. The van der Waals surface area contributed by atoms with E-state index in [-0.39, 0.29) is 5.91 Å². The van der Waals surface area contributed by atoms with Crippen molar-refractivity contribution in [2.45, 2.75) is 6.92 Å². The number of nitrogens with one attached hydrogen (secondary N) is 1. The van der Waals surface area contributed by atoms with Gasteiger partial charge in [-0.1, -0.05) is 11.2 Å². The Bertz CT molecular complexity index is 465. The van der Waals surface area contributed by atoms with Crippen LogP contribution in [0.5, 0.6) is 0 Å². The van der Waals surface area contributed by atoms with Crippen LogP contribution in [0.1, 0.15) is 16.2 Å². The molecular formula is C10H9N3O2. The summed E-state index contributed by atoms with van der Waals surface area (Å²) in [5, 5.41) is 6.22.